The van der Waals surface area contributed by atoms with Crippen molar-refractivity contribution in [3.05, 3.63) is 70.3 Å². The Morgan fingerprint density at radius 1 is 1.05 bits per heavy atom. The zero-order valence-corrected chi connectivity index (χ0v) is 22.5. The number of likely N-dealkylation sites (tertiary alicyclic amines) is 1. The van der Waals surface area contributed by atoms with Gasteiger partial charge in [0.1, 0.15) is 9.84 Å². The van der Waals surface area contributed by atoms with Gasteiger partial charge in [-0.2, -0.15) is 13.2 Å². The molecule has 2 fully saturated rings. The Hall–Kier alpha value is -2.42. The average molecular weight is 552 g/mol. The number of carbonyl (C=O) groups is 1. The number of fused-ring (bicyclic) bond motifs is 3. The molecule has 9 heteroatoms. The van der Waals surface area contributed by atoms with Crippen LogP contribution in [0.15, 0.2) is 42.5 Å². The first-order chi connectivity index (χ1) is 17.7. The summed E-state index contributed by atoms with van der Waals surface area (Å²) in [7, 11) is -3.10. The lowest BCUT2D eigenvalue weighted by atomic mass is 9.63. The van der Waals surface area contributed by atoms with Crippen molar-refractivity contribution in [2.24, 2.45) is 5.92 Å². The van der Waals surface area contributed by atoms with Gasteiger partial charge in [-0.15, -0.1) is 0 Å². The van der Waals surface area contributed by atoms with E-state index in [0.717, 1.165) is 16.7 Å². The summed E-state index contributed by atoms with van der Waals surface area (Å²) in [5, 5.41) is 0. The minimum atomic E-state index is -5.03. The van der Waals surface area contributed by atoms with Gasteiger partial charge in [-0.05, 0) is 74.6 Å². The monoisotopic (exact) mass is 551 g/mol. The maximum atomic E-state index is 14.9. The first-order valence-electron chi connectivity index (χ1n) is 13.2. The average Bonchev–Trinajstić information content (AvgIpc) is 3.22. The molecule has 2 saturated heterocycles. The van der Waals surface area contributed by atoms with E-state index in [2.05, 4.69) is 6.07 Å². The summed E-state index contributed by atoms with van der Waals surface area (Å²) < 4.78 is 79.1. The second-order valence-corrected chi connectivity index (χ2v) is 13.8. The maximum Gasteiger partial charge on any atom is 0.426 e. The largest absolute Gasteiger partial charge is 0.426 e. The van der Waals surface area contributed by atoms with Crippen molar-refractivity contribution in [2.45, 2.75) is 75.7 Å². The van der Waals surface area contributed by atoms with E-state index in [1.807, 2.05) is 30.0 Å². The molecule has 0 spiro atoms. The van der Waals surface area contributed by atoms with Crippen LogP contribution < -0.4 is 0 Å². The zero-order valence-electron chi connectivity index (χ0n) is 21.7. The molecule has 1 amide bonds. The molecule has 206 valence electrons. The lowest BCUT2D eigenvalue weighted by Gasteiger charge is -2.44. The van der Waals surface area contributed by atoms with Gasteiger partial charge in [0, 0.05) is 23.9 Å². The predicted octanol–water partition coefficient (Wildman–Crippen LogP) is 5.59. The molecule has 2 aromatic carbocycles. The van der Waals surface area contributed by atoms with Crippen LogP contribution in [0.25, 0.3) is 0 Å². The van der Waals surface area contributed by atoms with E-state index in [9.17, 15) is 30.8 Å². The number of halogens is 4. The Labute approximate surface area is 221 Å². The molecule has 1 aliphatic carbocycles. The molecular weight excluding hydrogens is 518 g/mol. The summed E-state index contributed by atoms with van der Waals surface area (Å²) >= 11 is 0. The molecule has 0 aromatic heterocycles. The van der Waals surface area contributed by atoms with E-state index in [1.54, 1.807) is 6.07 Å². The van der Waals surface area contributed by atoms with Crippen LogP contribution in [-0.4, -0.2) is 49.5 Å². The molecule has 2 aliphatic heterocycles. The highest BCUT2D eigenvalue weighted by Crippen LogP contribution is 2.51. The predicted molar refractivity (Wildman–Crippen MR) is 137 cm³/mol. The van der Waals surface area contributed by atoms with Gasteiger partial charge in [-0.25, -0.2) is 12.8 Å². The molecule has 5 rings (SSSR count). The number of benzene rings is 2. The number of aryl methyl sites for hydroxylation is 2. The van der Waals surface area contributed by atoms with Crippen molar-refractivity contribution in [2.75, 3.05) is 18.1 Å². The fourth-order valence-corrected chi connectivity index (χ4v) is 8.34. The molecule has 2 aromatic rings. The van der Waals surface area contributed by atoms with Crippen LogP contribution in [0.4, 0.5) is 17.6 Å². The molecule has 4 nitrogen and oxygen atoms in total. The molecule has 0 saturated carbocycles. The van der Waals surface area contributed by atoms with Crippen molar-refractivity contribution in [3.8, 4) is 0 Å². The van der Waals surface area contributed by atoms with Gasteiger partial charge < -0.3 is 4.90 Å². The summed E-state index contributed by atoms with van der Waals surface area (Å²) in [5.74, 6) is -0.327. The van der Waals surface area contributed by atoms with Gasteiger partial charge in [-0.3, -0.25) is 4.79 Å². The number of hydrogen-bond donors (Lipinski definition) is 0. The minimum absolute atomic E-state index is 0.0170. The molecule has 0 radical (unpaired) electrons. The van der Waals surface area contributed by atoms with Gasteiger partial charge in [0.05, 0.1) is 11.5 Å². The van der Waals surface area contributed by atoms with E-state index in [4.69, 9.17) is 0 Å². The van der Waals surface area contributed by atoms with Crippen molar-refractivity contribution in [1.29, 1.82) is 0 Å². The van der Waals surface area contributed by atoms with E-state index in [0.29, 0.717) is 57.6 Å². The number of sulfone groups is 1. The van der Waals surface area contributed by atoms with Crippen LogP contribution in [0.5, 0.6) is 0 Å². The van der Waals surface area contributed by atoms with E-state index in [-0.39, 0.29) is 29.4 Å². The van der Waals surface area contributed by atoms with Crippen molar-refractivity contribution < 1.29 is 30.8 Å². The highest BCUT2D eigenvalue weighted by Gasteiger charge is 2.56. The van der Waals surface area contributed by atoms with Gasteiger partial charge in [0.2, 0.25) is 11.6 Å². The standard InChI is InChI=1S/C29H33F4NO3S/c1-19-4-3-5-20(16-19)18-28-12-13-34(26(35)21-10-14-38(36,37)15-11-21)25(28)9-6-22-17-23(7-8-24(22)28)27(2,30)29(31,32)33/h3-5,7-8,16-17,21,25H,6,9-15,18H2,1-2H3. The van der Waals surface area contributed by atoms with Crippen LogP contribution >= 0.6 is 0 Å². The summed E-state index contributed by atoms with van der Waals surface area (Å²) in [6, 6.07) is 12.2. The van der Waals surface area contributed by atoms with Gasteiger partial charge >= 0.3 is 6.18 Å². The van der Waals surface area contributed by atoms with Crippen molar-refractivity contribution >= 4 is 15.7 Å². The third-order valence-electron chi connectivity index (χ3n) is 9.01. The molecular formula is C29H33F4NO3S. The Morgan fingerprint density at radius 2 is 1.76 bits per heavy atom. The molecule has 0 N–H and O–H groups in total. The SMILES string of the molecule is Cc1cccc(CC23CCN(C(=O)C4CCS(=O)(=O)CC4)C2CCc2cc(C(C)(F)C(F)(F)F)ccc23)c1. The number of carbonyl (C=O) groups excluding carboxylic acids is 1. The zero-order chi connectivity index (χ0) is 27.5. The Balaban J connectivity index is 1.53. The van der Waals surface area contributed by atoms with Crippen LogP contribution in [0.2, 0.25) is 0 Å². The lowest BCUT2D eigenvalue weighted by Crippen LogP contribution is -2.51. The number of amides is 1. The highest BCUT2D eigenvalue weighted by atomic mass is 32.2. The van der Waals surface area contributed by atoms with Gasteiger partial charge in [0.15, 0.2) is 0 Å². The topological polar surface area (TPSA) is 54.5 Å². The van der Waals surface area contributed by atoms with E-state index < -0.39 is 32.7 Å². The summed E-state index contributed by atoms with van der Waals surface area (Å²) in [6.07, 6.45) is -2.12. The van der Waals surface area contributed by atoms with Crippen LogP contribution in [0, 0.1) is 12.8 Å². The van der Waals surface area contributed by atoms with Gasteiger partial charge in [0.25, 0.3) is 0 Å². The first-order valence-corrected chi connectivity index (χ1v) is 15.0. The third-order valence-corrected chi connectivity index (χ3v) is 10.7. The molecule has 2 heterocycles. The molecule has 3 aliphatic rings. The number of hydrogen-bond acceptors (Lipinski definition) is 3. The van der Waals surface area contributed by atoms with Crippen LogP contribution in [-0.2, 0) is 38.6 Å². The fourth-order valence-electron chi connectivity index (χ4n) is 6.84. The number of rotatable bonds is 4. The highest BCUT2D eigenvalue weighted by molar-refractivity contribution is 7.91. The summed E-state index contributed by atoms with van der Waals surface area (Å²) in [5.41, 5.74) is -0.605. The quantitative estimate of drug-likeness (QED) is 0.466. The number of nitrogens with zero attached hydrogens (tertiary/aromatic N) is 1. The first kappa shape index (κ1) is 27.2. The van der Waals surface area contributed by atoms with E-state index in [1.165, 1.54) is 12.1 Å². The summed E-state index contributed by atoms with van der Waals surface area (Å²) in [4.78, 5) is 15.6. The molecule has 3 atom stereocenters. The molecule has 38 heavy (non-hydrogen) atoms. The van der Waals surface area contributed by atoms with Crippen LogP contribution in [0.3, 0.4) is 0 Å². The fraction of sp³-hybridized carbons (Fsp3) is 0.552. The second kappa shape index (κ2) is 9.35. The maximum absolute atomic E-state index is 14.9. The smallest absolute Gasteiger partial charge is 0.339 e. The lowest BCUT2D eigenvalue weighted by molar-refractivity contribution is -0.228. The minimum Gasteiger partial charge on any atom is -0.339 e. The third kappa shape index (κ3) is 4.65. The van der Waals surface area contributed by atoms with E-state index >= 15 is 0 Å². The normalized spacial score (nSPS) is 26.9. The second-order valence-electron chi connectivity index (χ2n) is 11.5. The van der Waals surface area contributed by atoms with Crippen molar-refractivity contribution in [1.82, 2.24) is 4.90 Å². The Morgan fingerprint density at radius 3 is 2.42 bits per heavy atom. The van der Waals surface area contributed by atoms with Crippen LogP contribution in [0.1, 0.15) is 60.4 Å². The Bertz CT molecular complexity index is 1340. The molecule has 0 bridgehead atoms. The number of alkyl halides is 4. The van der Waals surface area contributed by atoms with Gasteiger partial charge in [-0.1, -0.05) is 48.0 Å². The Kier molecular flexibility index (Phi) is 6.68. The van der Waals surface area contributed by atoms with Crippen molar-refractivity contribution in [3.63, 3.8) is 0 Å². The summed E-state index contributed by atoms with van der Waals surface area (Å²) in [6.45, 7) is 3.06. The molecule has 3 unspecified atom stereocenters.